The molecule has 0 aliphatic rings. The minimum absolute atomic E-state index is 0.899. The minimum atomic E-state index is 0.899. The smallest absolute Gasteiger partial charge is 0.136 e. The maximum atomic E-state index is 6.37. The zero-order chi connectivity index (χ0) is 65.5. The Balaban J connectivity index is 0.000000131. The van der Waals surface area contributed by atoms with E-state index in [0.29, 0.717) is 0 Å². The molecule has 0 bridgehead atoms. The Kier molecular flexibility index (Phi) is 12.4. The molecule has 0 spiro atoms. The van der Waals surface area contributed by atoms with Crippen LogP contribution < -0.4 is 0 Å². The van der Waals surface area contributed by atoms with Crippen molar-refractivity contribution in [2.24, 2.45) is 0 Å². The van der Waals surface area contributed by atoms with Crippen LogP contribution in [0.3, 0.4) is 0 Å². The Bertz CT molecular complexity index is 6830. The molecule has 4 aromatic heterocycles. The summed E-state index contributed by atoms with van der Waals surface area (Å²) in [7, 11) is 0. The molecular formula is C96H56O4. The van der Waals surface area contributed by atoms with Crippen LogP contribution in [-0.2, 0) is 0 Å². The molecule has 0 saturated heterocycles. The molecule has 18 aromatic carbocycles. The summed E-state index contributed by atoms with van der Waals surface area (Å²) in [5, 5.41) is 23.8. The zero-order valence-corrected chi connectivity index (χ0v) is 54.0. The van der Waals surface area contributed by atoms with Gasteiger partial charge in [-0.25, -0.2) is 0 Å². The molecule has 22 aromatic rings. The van der Waals surface area contributed by atoms with Gasteiger partial charge in [0.1, 0.15) is 44.7 Å². The van der Waals surface area contributed by atoms with Gasteiger partial charge in [-0.15, -0.1) is 0 Å². The van der Waals surface area contributed by atoms with Gasteiger partial charge in [0, 0.05) is 43.1 Å². The average molecular weight is 1270 g/mol. The van der Waals surface area contributed by atoms with Crippen LogP contribution in [0.2, 0.25) is 0 Å². The minimum Gasteiger partial charge on any atom is -0.456 e. The van der Waals surface area contributed by atoms with Crippen LogP contribution in [-0.4, -0.2) is 0 Å². The first-order chi connectivity index (χ1) is 49.6. The van der Waals surface area contributed by atoms with Crippen LogP contribution >= 0.6 is 0 Å². The molecule has 0 saturated carbocycles. The topological polar surface area (TPSA) is 52.6 Å². The molecule has 0 amide bonds. The maximum Gasteiger partial charge on any atom is 0.136 e. The standard InChI is InChI=1S/2C48H28O2/c1-2-12-30-27-31(26-25-29(30)11-1)46-36-17-7-15-32(34-19-9-23-44-47(34)38-13-3-5-21-42(38)49-44)40(36)28-41-33(16-8-18-37(41)46)35-20-10-24-45-48(35)39-14-4-6-22-43(39)50-45;1-2-10-30-25-33(20-19-29(30)9-1)48-38-15-7-13-34(31-21-23-46-42(26-31)36-11-3-5-17-44(36)49-46)40(38)28-41-35(14-8-16-39(41)48)32-22-24-47-43(27-32)37-12-4-6-18-45(37)50-47/h2*1-28H. The molecule has 0 atom stereocenters. The highest BCUT2D eigenvalue weighted by molar-refractivity contribution is 6.25. The summed E-state index contributed by atoms with van der Waals surface area (Å²) in [4.78, 5) is 0. The highest BCUT2D eigenvalue weighted by atomic mass is 16.3. The van der Waals surface area contributed by atoms with Gasteiger partial charge in [-0.3, -0.25) is 0 Å². The number of para-hydroxylation sites is 4. The molecule has 22 rings (SSSR count). The van der Waals surface area contributed by atoms with Crippen LogP contribution in [0.15, 0.2) is 357 Å². The fourth-order valence-electron chi connectivity index (χ4n) is 16.4. The van der Waals surface area contributed by atoms with Gasteiger partial charge in [0.2, 0.25) is 0 Å². The molecule has 100 heavy (non-hydrogen) atoms. The third-order valence-corrected chi connectivity index (χ3v) is 20.9. The van der Waals surface area contributed by atoms with Crippen molar-refractivity contribution in [1.29, 1.82) is 0 Å². The Morgan fingerprint density at radius 2 is 0.430 bits per heavy atom. The highest BCUT2D eigenvalue weighted by Gasteiger charge is 2.23. The maximum absolute atomic E-state index is 6.37. The van der Waals surface area contributed by atoms with Crippen LogP contribution in [0.25, 0.3) is 219 Å². The first-order valence-electron chi connectivity index (χ1n) is 34.2. The number of hydrogen-bond acceptors (Lipinski definition) is 4. The van der Waals surface area contributed by atoms with E-state index in [9.17, 15) is 0 Å². The lowest BCUT2D eigenvalue weighted by molar-refractivity contribution is 0.668. The number of furan rings is 4. The molecule has 0 radical (unpaired) electrons. The number of rotatable bonds is 6. The molecule has 464 valence electrons. The number of hydrogen-bond donors (Lipinski definition) is 0. The normalized spacial score (nSPS) is 12.0. The van der Waals surface area contributed by atoms with Crippen molar-refractivity contribution in [2.75, 3.05) is 0 Å². The fourth-order valence-corrected chi connectivity index (χ4v) is 16.4. The largest absolute Gasteiger partial charge is 0.456 e. The van der Waals surface area contributed by atoms with Crippen molar-refractivity contribution in [1.82, 2.24) is 0 Å². The molecule has 4 heteroatoms. The van der Waals surface area contributed by atoms with Crippen molar-refractivity contribution in [2.45, 2.75) is 0 Å². The molecule has 4 heterocycles. The second kappa shape index (κ2) is 22.1. The van der Waals surface area contributed by atoms with Crippen LogP contribution in [0.1, 0.15) is 0 Å². The van der Waals surface area contributed by atoms with Gasteiger partial charge in [0.15, 0.2) is 0 Å². The number of fused-ring (bicyclic) bond motifs is 18. The second-order valence-electron chi connectivity index (χ2n) is 26.4. The van der Waals surface area contributed by atoms with E-state index >= 15 is 0 Å². The summed E-state index contributed by atoms with van der Waals surface area (Å²) in [5.74, 6) is 0. The van der Waals surface area contributed by atoms with Crippen molar-refractivity contribution < 1.29 is 17.7 Å². The van der Waals surface area contributed by atoms with Crippen LogP contribution in [0.4, 0.5) is 0 Å². The van der Waals surface area contributed by atoms with Gasteiger partial charge in [0.05, 0.1) is 0 Å². The lowest BCUT2D eigenvalue weighted by Gasteiger charge is -2.18. The monoisotopic (exact) mass is 1270 g/mol. The molecule has 0 fully saturated rings. The van der Waals surface area contributed by atoms with E-state index in [1.807, 2.05) is 36.4 Å². The van der Waals surface area contributed by atoms with Gasteiger partial charge in [-0.2, -0.15) is 0 Å². The molecule has 0 aliphatic heterocycles. The average Bonchev–Trinajstić information content (AvgIpc) is 0.929. The van der Waals surface area contributed by atoms with Gasteiger partial charge in [-0.1, -0.05) is 255 Å². The quantitative estimate of drug-likeness (QED) is 0.156. The predicted octanol–water partition coefficient (Wildman–Crippen LogP) is 27.9. The Morgan fingerprint density at radius 1 is 0.140 bits per heavy atom. The predicted molar refractivity (Wildman–Crippen MR) is 420 cm³/mol. The summed E-state index contributed by atoms with van der Waals surface area (Å²) < 4.78 is 25.2. The summed E-state index contributed by atoms with van der Waals surface area (Å²) >= 11 is 0. The molecular weight excluding hydrogens is 1220 g/mol. The van der Waals surface area contributed by atoms with Crippen molar-refractivity contribution in [3.05, 3.63) is 340 Å². The van der Waals surface area contributed by atoms with Crippen LogP contribution in [0.5, 0.6) is 0 Å². The second-order valence-corrected chi connectivity index (χ2v) is 26.4. The highest BCUT2D eigenvalue weighted by Crippen LogP contribution is 2.50. The number of benzene rings is 18. The zero-order valence-electron chi connectivity index (χ0n) is 54.0. The van der Waals surface area contributed by atoms with Crippen molar-refractivity contribution in [3.63, 3.8) is 0 Å². The Morgan fingerprint density at radius 3 is 0.860 bits per heavy atom. The third kappa shape index (κ3) is 8.74. The van der Waals surface area contributed by atoms with Crippen molar-refractivity contribution >= 4 is 152 Å². The van der Waals surface area contributed by atoms with E-state index in [1.54, 1.807) is 0 Å². The summed E-state index contributed by atoms with van der Waals surface area (Å²) in [5.41, 5.74) is 21.6. The summed E-state index contributed by atoms with van der Waals surface area (Å²) in [6.07, 6.45) is 0. The van der Waals surface area contributed by atoms with E-state index in [4.69, 9.17) is 17.7 Å². The van der Waals surface area contributed by atoms with Crippen molar-refractivity contribution in [3.8, 4) is 66.8 Å². The third-order valence-electron chi connectivity index (χ3n) is 20.9. The SMILES string of the molecule is c1ccc2cc(-c3c4cccc(-c5ccc6oc7ccccc7c6c5)c4cc4c(-c5ccc6oc7ccccc7c6c5)cccc34)ccc2c1.c1ccc2cc(-c3c4cccc(-c5cccc6oc7ccccc7c56)c4cc4c(-c5cccc6oc7ccccc7c56)cccc34)ccc2c1. The summed E-state index contributed by atoms with van der Waals surface area (Å²) in [6.45, 7) is 0. The van der Waals surface area contributed by atoms with Crippen LogP contribution in [0, 0.1) is 0 Å². The van der Waals surface area contributed by atoms with E-state index in [2.05, 4.69) is 303 Å². The van der Waals surface area contributed by atoms with Gasteiger partial charge < -0.3 is 17.7 Å². The molecule has 0 unspecified atom stereocenters. The summed E-state index contributed by atoms with van der Waals surface area (Å²) in [6, 6.07) is 122. The lowest BCUT2D eigenvalue weighted by Crippen LogP contribution is -1.91. The molecule has 0 N–H and O–H groups in total. The van der Waals surface area contributed by atoms with Gasteiger partial charge >= 0.3 is 0 Å². The van der Waals surface area contributed by atoms with E-state index in [1.165, 1.54) is 131 Å². The van der Waals surface area contributed by atoms with E-state index in [-0.39, 0.29) is 0 Å². The van der Waals surface area contributed by atoms with Gasteiger partial charge in [0.25, 0.3) is 0 Å². The van der Waals surface area contributed by atoms with E-state index in [0.717, 1.165) is 87.8 Å². The first kappa shape index (κ1) is 55.9. The molecule has 0 aliphatic carbocycles. The Labute approximate surface area is 573 Å². The first-order valence-corrected chi connectivity index (χ1v) is 34.2. The fraction of sp³-hybridized carbons (Fsp3) is 0. The van der Waals surface area contributed by atoms with E-state index < -0.39 is 0 Å². The Hall–Kier alpha value is -13.3. The lowest BCUT2D eigenvalue weighted by atomic mass is 9.85. The molecule has 4 nitrogen and oxygen atoms in total. The van der Waals surface area contributed by atoms with Gasteiger partial charge in [-0.05, 0) is 216 Å².